The molecule has 344 valence electrons. The van der Waals surface area contributed by atoms with E-state index in [1.54, 1.807) is 36.5 Å². The molecule has 0 fully saturated rings. The van der Waals surface area contributed by atoms with Crippen LogP contribution >= 0.6 is 7.82 Å². The number of phosphoric acid groups is 1. The first kappa shape index (κ1) is 57.1. The van der Waals surface area contributed by atoms with Gasteiger partial charge < -0.3 is 29.1 Å². The van der Waals surface area contributed by atoms with Gasteiger partial charge in [0, 0.05) is 12.8 Å². The van der Waals surface area contributed by atoms with Gasteiger partial charge in [-0.05, 0) is 64.2 Å². The van der Waals surface area contributed by atoms with Gasteiger partial charge >= 0.3 is 19.8 Å². The van der Waals surface area contributed by atoms with Crippen LogP contribution in [0.4, 0.5) is 0 Å². The lowest BCUT2D eigenvalue weighted by Gasteiger charge is -2.24. The van der Waals surface area contributed by atoms with Gasteiger partial charge in [-0.15, -0.1) is 0 Å². The fourth-order valence-electron chi connectivity index (χ4n) is 5.50. The lowest BCUT2D eigenvalue weighted by atomic mass is 10.1. The first-order valence-electron chi connectivity index (χ1n) is 22.5. The number of aliphatic hydroxyl groups is 2. The van der Waals surface area contributed by atoms with Crippen molar-refractivity contribution in [3.8, 4) is 0 Å². The Kier molecular flexibility index (Phi) is 37.1. The van der Waals surface area contributed by atoms with E-state index >= 15 is 0 Å². The van der Waals surface area contributed by atoms with E-state index in [1.165, 1.54) is 51.4 Å². The number of hydrogen-bond donors (Lipinski definition) is 3. The van der Waals surface area contributed by atoms with Crippen molar-refractivity contribution in [3.05, 3.63) is 85.1 Å². The molecule has 0 heterocycles. The topological polar surface area (TPSA) is 149 Å². The van der Waals surface area contributed by atoms with E-state index < -0.39 is 44.7 Å². The normalized spacial score (nSPS) is 15.4. The predicted octanol–water partition coefficient (Wildman–Crippen LogP) is 10.7. The minimum atomic E-state index is -4.43. The number of esters is 2. The van der Waals surface area contributed by atoms with Crippen LogP contribution in [0.3, 0.4) is 0 Å². The highest BCUT2D eigenvalue weighted by Gasteiger charge is 2.27. The van der Waals surface area contributed by atoms with Gasteiger partial charge in [0.15, 0.2) is 6.10 Å². The van der Waals surface area contributed by atoms with E-state index in [0.29, 0.717) is 43.1 Å². The number of carbonyl (C=O) groups excluding carboxylic acids is 2. The summed E-state index contributed by atoms with van der Waals surface area (Å²) in [4.78, 5) is 35.4. The minimum Gasteiger partial charge on any atom is -0.462 e. The van der Waals surface area contributed by atoms with E-state index in [1.807, 2.05) is 64.5 Å². The number of carbonyl (C=O) groups is 2. The maximum Gasteiger partial charge on any atom is 0.472 e. The number of ether oxygens (including phenoxy) is 2. The number of allylic oxidation sites excluding steroid dienone is 10. The Morgan fingerprint density at radius 3 is 1.77 bits per heavy atom. The van der Waals surface area contributed by atoms with Gasteiger partial charge in [0.1, 0.15) is 19.8 Å². The van der Waals surface area contributed by atoms with E-state index in [0.717, 1.165) is 32.1 Å². The van der Waals surface area contributed by atoms with Crippen LogP contribution in [-0.2, 0) is 32.7 Å². The number of likely N-dealkylation sites (N-methyl/N-ethyl adjacent to an activating group) is 1. The molecule has 0 aliphatic rings. The molecule has 0 aromatic rings. The van der Waals surface area contributed by atoms with Crippen molar-refractivity contribution < 1.29 is 52.3 Å². The smallest absolute Gasteiger partial charge is 0.462 e. The summed E-state index contributed by atoms with van der Waals surface area (Å²) in [5.41, 5.74) is 0. The molecular formula is C48H83NO10P+. The summed E-state index contributed by atoms with van der Waals surface area (Å²) >= 11 is 0. The minimum absolute atomic E-state index is 0.00687. The monoisotopic (exact) mass is 865 g/mol. The van der Waals surface area contributed by atoms with Crippen LogP contribution in [-0.4, -0.2) is 97.3 Å². The van der Waals surface area contributed by atoms with E-state index in [-0.39, 0.29) is 26.1 Å². The van der Waals surface area contributed by atoms with E-state index in [9.17, 15) is 29.3 Å². The summed E-state index contributed by atoms with van der Waals surface area (Å²) in [6.45, 7) is 3.98. The fourth-order valence-corrected chi connectivity index (χ4v) is 6.24. The molecule has 0 amide bonds. The van der Waals surface area contributed by atoms with Gasteiger partial charge in [-0.3, -0.25) is 18.6 Å². The average Bonchev–Trinajstić information content (AvgIpc) is 3.19. The molecule has 0 bridgehead atoms. The number of aliphatic hydroxyl groups excluding tert-OH is 2. The van der Waals surface area contributed by atoms with Crippen molar-refractivity contribution in [3.63, 3.8) is 0 Å². The second kappa shape index (κ2) is 39.0. The fraction of sp³-hybridized carbons (Fsp3) is 0.667. The molecule has 12 heteroatoms. The molecule has 0 aromatic carbocycles. The van der Waals surface area contributed by atoms with Crippen molar-refractivity contribution in [2.75, 3.05) is 47.5 Å². The summed E-state index contributed by atoms with van der Waals surface area (Å²) in [5, 5.41) is 20.0. The predicted molar refractivity (Wildman–Crippen MR) is 245 cm³/mol. The van der Waals surface area contributed by atoms with Crippen LogP contribution in [0.1, 0.15) is 142 Å². The Labute approximate surface area is 364 Å². The molecule has 0 saturated carbocycles. The quantitative estimate of drug-likeness (QED) is 0.0136. The number of unbranched alkanes of at least 4 members (excludes halogenated alkanes) is 11. The molecule has 0 spiro atoms. The number of quaternary nitrogens is 1. The van der Waals surface area contributed by atoms with Crippen LogP contribution in [0.15, 0.2) is 85.1 Å². The van der Waals surface area contributed by atoms with Crippen LogP contribution in [0.25, 0.3) is 0 Å². The van der Waals surface area contributed by atoms with Crippen molar-refractivity contribution in [2.24, 2.45) is 0 Å². The molecule has 0 radical (unpaired) electrons. The highest BCUT2D eigenvalue weighted by Crippen LogP contribution is 2.43. The lowest BCUT2D eigenvalue weighted by Crippen LogP contribution is -2.37. The van der Waals surface area contributed by atoms with Gasteiger partial charge in [-0.1, -0.05) is 150 Å². The maximum atomic E-state index is 12.7. The number of rotatable bonds is 39. The summed E-state index contributed by atoms with van der Waals surface area (Å²) in [5.74, 6) is -0.979. The Balaban J connectivity index is 4.61. The Hall–Kier alpha value is -2.89. The van der Waals surface area contributed by atoms with Gasteiger partial charge in [0.25, 0.3) is 0 Å². The number of phosphoric ester groups is 1. The SMILES string of the molecule is CC/C=C\C[C@H](O)/C=C/C=C\C=C\[C@H](O)C/C=C\C/C=C\CCC(=O)O[C@H](COC(=O)CCCCCCCCC/C=C\CCCCCC)COP(=O)(O)OCC[N+](C)(C)C. The molecule has 0 aliphatic heterocycles. The molecule has 11 nitrogen and oxygen atoms in total. The number of hydrogen-bond acceptors (Lipinski definition) is 9. The molecule has 0 rings (SSSR count). The summed E-state index contributed by atoms with van der Waals surface area (Å²) in [6.07, 6.45) is 42.8. The van der Waals surface area contributed by atoms with Crippen molar-refractivity contribution in [1.82, 2.24) is 0 Å². The Bertz CT molecular complexity index is 1330. The molecule has 60 heavy (non-hydrogen) atoms. The van der Waals surface area contributed by atoms with Gasteiger partial charge in [-0.25, -0.2) is 4.57 Å². The van der Waals surface area contributed by atoms with Gasteiger partial charge in [-0.2, -0.15) is 0 Å². The van der Waals surface area contributed by atoms with Crippen molar-refractivity contribution >= 4 is 19.8 Å². The summed E-state index contributed by atoms with van der Waals surface area (Å²) in [6, 6.07) is 0. The third-order valence-corrected chi connectivity index (χ3v) is 10.1. The second-order valence-corrected chi connectivity index (χ2v) is 17.6. The Morgan fingerprint density at radius 2 is 1.17 bits per heavy atom. The van der Waals surface area contributed by atoms with Crippen LogP contribution in [0.5, 0.6) is 0 Å². The summed E-state index contributed by atoms with van der Waals surface area (Å²) in [7, 11) is 1.35. The lowest BCUT2D eigenvalue weighted by molar-refractivity contribution is -0.870. The van der Waals surface area contributed by atoms with E-state index in [2.05, 4.69) is 19.1 Å². The molecule has 3 N–H and O–H groups in total. The standard InChI is InChI=1S/C48H82NO10P/c1-6-8-10-11-12-13-14-15-16-17-18-19-20-24-32-38-47(52)56-42-46(43-58-60(54,55)57-41-40-49(3,4)5)59-48(53)39-33-25-22-21-23-29-35-45(51)37-31-27-26-30-36-44(50)34-28-9-7-2/h9,13-14,22-23,25-31,36-37,44-46,50-51H,6-8,10-12,15-21,24,32-35,38-43H2,1-5H3/p+1/b14-13-,25-22-,27-26-,28-9-,29-23-,36-30+,37-31+/t44-,45+,46+/m0/s1. The van der Waals surface area contributed by atoms with Crippen molar-refractivity contribution in [2.45, 2.75) is 161 Å². The highest BCUT2D eigenvalue weighted by atomic mass is 31.2. The molecule has 0 aliphatic carbocycles. The average molecular weight is 865 g/mol. The third-order valence-electron chi connectivity index (χ3n) is 9.09. The first-order valence-corrected chi connectivity index (χ1v) is 24.0. The van der Waals surface area contributed by atoms with Crippen LogP contribution < -0.4 is 0 Å². The van der Waals surface area contributed by atoms with Crippen molar-refractivity contribution in [1.29, 1.82) is 0 Å². The third kappa shape index (κ3) is 41.8. The largest absolute Gasteiger partial charge is 0.472 e. The van der Waals surface area contributed by atoms with Gasteiger partial charge in [0.2, 0.25) is 0 Å². The van der Waals surface area contributed by atoms with Crippen LogP contribution in [0.2, 0.25) is 0 Å². The zero-order valence-corrected chi connectivity index (χ0v) is 38.8. The molecular weight excluding hydrogens is 781 g/mol. The van der Waals surface area contributed by atoms with Gasteiger partial charge in [0.05, 0.1) is 40.0 Å². The van der Waals surface area contributed by atoms with E-state index in [4.69, 9.17) is 18.5 Å². The molecule has 0 aromatic heterocycles. The maximum absolute atomic E-state index is 12.7. The molecule has 4 atom stereocenters. The summed E-state index contributed by atoms with van der Waals surface area (Å²) < 4.78 is 34.1. The Morgan fingerprint density at radius 1 is 0.617 bits per heavy atom. The zero-order valence-electron chi connectivity index (χ0n) is 37.9. The molecule has 0 saturated heterocycles. The number of nitrogens with zero attached hydrogens (tertiary/aromatic N) is 1. The highest BCUT2D eigenvalue weighted by molar-refractivity contribution is 7.47. The zero-order chi connectivity index (χ0) is 44.6. The second-order valence-electron chi connectivity index (χ2n) is 16.1. The molecule has 1 unspecified atom stereocenters. The first-order chi connectivity index (χ1) is 28.8. The van der Waals surface area contributed by atoms with Crippen LogP contribution in [0, 0.1) is 0 Å².